The molecule has 0 spiro atoms. The Morgan fingerprint density at radius 2 is 2.16 bits per heavy atom. The number of imidazole rings is 1. The maximum atomic E-state index is 4.44. The van der Waals surface area contributed by atoms with Crippen molar-refractivity contribution in [3.8, 4) is 5.69 Å². The van der Waals surface area contributed by atoms with Crippen LogP contribution >= 0.6 is 0 Å². The minimum absolute atomic E-state index is 0.566. The lowest BCUT2D eigenvalue weighted by atomic mass is 9.96. The predicted octanol–water partition coefficient (Wildman–Crippen LogP) is 2.83. The molecule has 5 heteroatoms. The molecule has 0 bridgehead atoms. The zero-order valence-electron chi connectivity index (χ0n) is 11.4. The molecule has 2 aromatic rings. The van der Waals surface area contributed by atoms with Crippen LogP contribution in [0.15, 0.2) is 24.8 Å². The van der Waals surface area contributed by atoms with E-state index in [4.69, 9.17) is 0 Å². The highest BCUT2D eigenvalue weighted by molar-refractivity contribution is 5.39. The maximum absolute atomic E-state index is 4.44. The van der Waals surface area contributed by atoms with E-state index in [2.05, 4.69) is 26.9 Å². The molecule has 5 nitrogen and oxygen atoms in total. The molecule has 1 aliphatic carbocycles. The summed E-state index contributed by atoms with van der Waals surface area (Å²) in [6, 6.07) is 0.566. The Hall–Kier alpha value is -1.78. The molecule has 0 amide bonds. The van der Waals surface area contributed by atoms with Gasteiger partial charge in [-0.3, -0.25) is 9.25 Å². The van der Waals surface area contributed by atoms with Gasteiger partial charge in [0.05, 0.1) is 11.9 Å². The van der Waals surface area contributed by atoms with Gasteiger partial charge in [-0.05, 0) is 19.8 Å². The number of aryl methyl sites for hydroxylation is 1. The van der Waals surface area contributed by atoms with Crippen LogP contribution in [-0.4, -0.2) is 25.4 Å². The van der Waals surface area contributed by atoms with Gasteiger partial charge in [0.2, 0.25) is 5.95 Å². The fourth-order valence-electron chi connectivity index (χ4n) is 2.70. The van der Waals surface area contributed by atoms with E-state index in [1.165, 1.54) is 32.1 Å². The zero-order valence-corrected chi connectivity index (χ0v) is 11.4. The second-order valence-corrected chi connectivity index (χ2v) is 5.15. The van der Waals surface area contributed by atoms with E-state index in [-0.39, 0.29) is 0 Å². The third kappa shape index (κ3) is 2.64. The van der Waals surface area contributed by atoms with E-state index >= 15 is 0 Å². The number of anilines is 1. The molecular formula is C14H21N5. The molecule has 2 heterocycles. The highest BCUT2D eigenvalue weighted by Gasteiger charge is 2.15. The first kappa shape index (κ1) is 12.3. The summed E-state index contributed by atoms with van der Waals surface area (Å²) in [5, 5.41) is 7.89. The van der Waals surface area contributed by atoms with E-state index in [1.54, 1.807) is 0 Å². The van der Waals surface area contributed by atoms with Crippen molar-refractivity contribution in [2.24, 2.45) is 0 Å². The van der Waals surface area contributed by atoms with Crippen LogP contribution in [0.4, 0.5) is 5.95 Å². The largest absolute Gasteiger partial charge is 0.353 e. The van der Waals surface area contributed by atoms with Crippen LogP contribution in [0, 0.1) is 0 Å². The minimum Gasteiger partial charge on any atom is -0.353 e. The molecule has 0 unspecified atom stereocenters. The van der Waals surface area contributed by atoms with Gasteiger partial charge in [0.15, 0.2) is 0 Å². The third-order valence-corrected chi connectivity index (χ3v) is 3.80. The topological polar surface area (TPSA) is 47.7 Å². The first-order valence-corrected chi connectivity index (χ1v) is 7.19. The lowest BCUT2D eigenvalue weighted by Crippen LogP contribution is -2.24. The second-order valence-electron chi connectivity index (χ2n) is 5.15. The molecule has 1 saturated carbocycles. The van der Waals surface area contributed by atoms with Gasteiger partial charge in [0.25, 0.3) is 0 Å². The average molecular weight is 259 g/mol. The highest BCUT2D eigenvalue weighted by Crippen LogP contribution is 2.22. The SMILES string of the molecule is CCn1cc(-n2ccnc2NC2CCCCC2)cn1. The number of aromatic nitrogens is 4. The summed E-state index contributed by atoms with van der Waals surface area (Å²) in [4.78, 5) is 4.44. The molecule has 2 aromatic heterocycles. The van der Waals surface area contributed by atoms with Crippen molar-refractivity contribution < 1.29 is 0 Å². The summed E-state index contributed by atoms with van der Waals surface area (Å²) in [7, 11) is 0. The van der Waals surface area contributed by atoms with E-state index in [9.17, 15) is 0 Å². The number of hydrogen-bond donors (Lipinski definition) is 1. The van der Waals surface area contributed by atoms with Gasteiger partial charge >= 0.3 is 0 Å². The Morgan fingerprint density at radius 1 is 1.32 bits per heavy atom. The van der Waals surface area contributed by atoms with Gasteiger partial charge in [-0.2, -0.15) is 5.10 Å². The molecule has 0 aromatic carbocycles. The standard InChI is InChI=1S/C14H21N5/c1-2-18-11-13(10-16-18)19-9-8-15-14(19)17-12-6-4-3-5-7-12/h8-12H,2-7H2,1H3,(H,15,17). The van der Waals surface area contributed by atoms with E-state index in [0.29, 0.717) is 6.04 Å². The third-order valence-electron chi connectivity index (χ3n) is 3.80. The number of nitrogens with one attached hydrogen (secondary N) is 1. The van der Waals surface area contributed by atoms with Gasteiger partial charge in [-0.1, -0.05) is 19.3 Å². The molecule has 0 saturated heterocycles. The normalized spacial score (nSPS) is 16.7. The Labute approximate surface area is 113 Å². The summed E-state index contributed by atoms with van der Waals surface area (Å²) < 4.78 is 4.01. The summed E-state index contributed by atoms with van der Waals surface area (Å²) in [6.45, 7) is 2.98. The monoisotopic (exact) mass is 259 g/mol. The molecule has 0 aliphatic heterocycles. The Kier molecular flexibility index (Phi) is 3.53. The van der Waals surface area contributed by atoms with Gasteiger partial charge in [-0.15, -0.1) is 0 Å². The van der Waals surface area contributed by atoms with Crippen LogP contribution in [0.5, 0.6) is 0 Å². The van der Waals surface area contributed by atoms with Crippen molar-refractivity contribution >= 4 is 5.95 Å². The highest BCUT2D eigenvalue weighted by atomic mass is 15.3. The molecule has 1 fully saturated rings. The molecule has 102 valence electrons. The molecule has 3 rings (SSSR count). The predicted molar refractivity (Wildman–Crippen MR) is 75.5 cm³/mol. The first-order valence-electron chi connectivity index (χ1n) is 7.19. The van der Waals surface area contributed by atoms with Crippen molar-refractivity contribution in [1.82, 2.24) is 19.3 Å². The first-order chi connectivity index (χ1) is 9.36. The fraction of sp³-hybridized carbons (Fsp3) is 0.571. The summed E-state index contributed by atoms with van der Waals surface area (Å²) in [6.07, 6.45) is 14.3. The van der Waals surface area contributed by atoms with Crippen LogP contribution in [0.2, 0.25) is 0 Å². The fourth-order valence-corrected chi connectivity index (χ4v) is 2.70. The molecular weight excluding hydrogens is 238 g/mol. The van der Waals surface area contributed by atoms with Crippen molar-refractivity contribution in [3.63, 3.8) is 0 Å². The minimum atomic E-state index is 0.566. The maximum Gasteiger partial charge on any atom is 0.207 e. The van der Waals surface area contributed by atoms with Crippen LogP contribution in [0.1, 0.15) is 39.0 Å². The van der Waals surface area contributed by atoms with E-state index < -0.39 is 0 Å². The Bertz CT molecular complexity index is 521. The second kappa shape index (κ2) is 5.47. The van der Waals surface area contributed by atoms with Crippen LogP contribution in [0.25, 0.3) is 5.69 Å². The van der Waals surface area contributed by atoms with E-state index in [0.717, 1.165) is 18.2 Å². The summed E-state index contributed by atoms with van der Waals surface area (Å²) in [5.74, 6) is 0.933. The summed E-state index contributed by atoms with van der Waals surface area (Å²) >= 11 is 0. The quantitative estimate of drug-likeness (QED) is 0.918. The van der Waals surface area contributed by atoms with E-state index in [1.807, 2.05) is 29.5 Å². The number of nitrogens with zero attached hydrogens (tertiary/aromatic N) is 4. The summed E-state index contributed by atoms with van der Waals surface area (Å²) in [5.41, 5.74) is 1.07. The molecule has 0 radical (unpaired) electrons. The van der Waals surface area contributed by atoms with Crippen molar-refractivity contribution in [2.75, 3.05) is 5.32 Å². The van der Waals surface area contributed by atoms with Gasteiger partial charge in [0, 0.05) is 31.2 Å². The van der Waals surface area contributed by atoms with Gasteiger partial charge in [-0.25, -0.2) is 4.98 Å². The zero-order chi connectivity index (χ0) is 13.1. The molecule has 19 heavy (non-hydrogen) atoms. The Morgan fingerprint density at radius 3 is 2.89 bits per heavy atom. The molecule has 1 N–H and O–H groups in total. The lowest BCUT2D eigenvalue weighted by molar-refractivity contribution is 0.460. The van der Waals surface area contributed by atoms with Crippen molar-refractivity contribution in [1.29, 1.82) is 0 Å². The van der Waals surface area contributed by atoms with Crippen LogP contribution in [-0.2, 0) is 6.54 Å². The Balaban J connectivity index is 1.77. The lowest BCUT2D eigenvalue weighted by Gasteiger charge is -2.23. The van der Waals surface area contributed by atoms with Gasteiger partial charge in [0.1, 0.15) is 0 Å². The average Bonchev–Trinajstić information content (AvgIpc) is 3.08. The van der Waals surface area contributed by atoms with Crippen molar-refractivity contribution in [3.05, 3.63) is 24.8 Å². The van der Waals surface area contributed by atoms with Gasteiger partial charge < -0.3 is 5.32 Å². The van der Waals surface area contributed by atoms with Crippen LogP contribution in [0.3, 0.4) is 0 Å². The number of rotatable bonds is 4. The van der Waals surface area contributed by atoms with Crippen LogP contribution < -0.4 is 5.32 Å². The molecule has 1 aliphatic rings. The van der Waals surface area contributed by atoms with Crippen molar-refractivity contribution in [2.45, 2.75) is 51.6 Å². The molecule has 0 atom stereocenters. The number of hydrogen-bond acceptors (Lipinski definition) is 3. The smallest absolute Gasteiger partial charge is 0.207 e.